The van der Waals surface area contributed by atoms with E-state index in [2.05, 4.69) is 17.3 Å². The lowest BCUT2D eigenvalue weighted by Gasteiger charge is -2.18. The molecule has 1 aliphatic heterocycles. The lowest BCUT2D eigenvalue weighted by atomic mass is 10.1. The van der Waals surface area contributed by atoms with Crippen molar-refractivity contribution < 1.29 is 9.31 Å². The zero-order chi connectivity index (χ0) is 13.8. The van der Waals surface area contributed by atoms with Gasteiger partial charge in [0.15, 0.2) is 0 Å². The van der Waals surface area contributed by atoms with Gasteiger partial charge in [0.05, 0.1) is 11.0 Å². The lowest BCUT2D eigenvalue weighted by molar-refractivity contribution is -0.384. The first kappa shape index (κ1) is 13.7. The molecule has 5 nitrogen and oxygen atoms in total. The second-order valence-corrected chi connectivity index (χ2v) is 4.99. The summed E-state index contributed by atoms with van der Waals surface area (Å²) in [5.41, 5.74) is 0.207. The highest BCUT2D eigenvalue weighted by molar-refractivity contribution is 5.61. The monoisotopic (exact) mass is 267 g/mol. The third kappa shape index (κ3) is 3.64. The van der Waals surface area contributed by atoms with E-state index in [-0.39, 0.29) is 11.7 Å². The molecule has 1 unspecified atom stereocenters. The summed E-state index contributed by atoms with van der Waals surface area (Å²) in [6, 6.07) is 3.86. The maximum Gasteiger partial charge on any atom is 0.295 e. The van der Waals surface area contributed by atoms with Gasteiger partial charge in [-0.2, -0.15) is 0 Å². The largest absolute Gasteiger partial charge is 0.377 e. The van der Waals surface area contributed by atoms with Gasteiger partial charge in [-0.15, -0.1) is 0 Å². The van der Waals surface area contributed by atoms with Crippen molar-refractivity contribution in [3.05, 3.63) is 34.1 Å². The number of nitro groups is 1. The number of halogens is 1. The van der Waals surface area contributed by atoms with Crippen molar-refractivity contribution in [1.29, 1.82) is 0 Å². The van der Waals surface area contributed by atoms with E-state index < -0.39 is 10.7 Å². The van der Waals surface area contributed by atoms with Crippen LogP contribution in [0.3, 0.4) is 0 Å². The van der Waals surface area contributed by atoms with Gasteiger partial charge < -0.3 is 10.2 Å². The van der Waals surface area contributed by atoms with Crippen molar-refractivity contribution in [2.24, 2.45) is 0 Å². The second kappa shape index (κ2) is 5.97. The fraction of sp³-hybridized carbons (Fsp3) is 0.538. The van der Waals surface area contributed by atoms with E-state index in [1.807, 2.05) is 0 Å². The van der Waals surface area contributed by atoms with E-state index in [4.69, 9.17) is 0 Å². The molecular weight excluding hydrogens is 249 g/mol. The van der Waals surface area contributed by atoms with Gasteiger partial charge in [0.2, 0.25) is 0 Å². The molecule has 0 spiro atoms. The zero-order valence-electron chi connectivity index (χ0n) is 10.9. The molecule has 1 aromatic carbocycles. The van der Waals surface area contributed by atoms with Crippen LogP contribution in [0.25, 0.3) is 0 Å². The first-order chi connectivity index (χ1) is 9.06. The molecule has 1 N–H and O–H groups in total. The second-order valence-electron chi connectivity index (χ2n) is 4.99. The molecule has 1 heterocycles. The maximum absolute atomic E-state index is 13.1. The van der Waals surface area contributed by atoms with E-state index in [9.17, 15) is 14.5 Å². The van der Waals surface area contributed by atoms with Gasteiger partial charge in [-0.05, 0) is 51.5 Å². The summed E-state index contributed by atoms with van der Waals surface area (Å²) in [5, 5.41) is 14.1. The summed E-state index contributed by atoms with van der Waals surface area (Å²) in [6.45, 7) is 2.01. The normalized spacial score (nSPS) is 20.8. The predicted molar refractivity (Wildman–Crippen MR) is 71.8 cm³/mol. The van der Waals surface area contributed by atoms with Gasteiger partial charge in [-0.1, -0.05) is 0 Å². The Morgan fingerprint density at radius 3 is 2.95 bits per heavy atom. The number of benzene rings is 1. The van der Waals surface area contributed by atoms with Crippen LogP contribution in [0.5, 0.6) is 0 Å². The summed E-state index contributed by atoms with van der Waals surface area (Å²) in [5.74, 6) is -0.585. The van der Waals surface area contributed by atoms with E-state index in [1.165, 1.54) is 12.1 Å². The Hall–Kier alpha value is -1.69. The molecule has 104 valence electrons. The average molecular weight is 267 g/mol. The van der Waals surface area contributed by atoms with Crippen molar-refractivity contribution in [3.8, 4) is 0 Å². The Morgan fingerprint density at radius 1 is 1.42 bits per heavy atom. The molecule has 1 aliphatic rings. The number of nitrogens with one attached hydrogen (secondary N) is 1. The van der Waals surface area contributed by atoms with Crippen LogP contribution in [0.15, 0.2) is 18.2 Å². The molecule has 2 rings (SSSR count). The molecule has 0 aliphatic carbocycles. The molecule has 0 saturated carbocycles. The van der Waals surface area contributed by atoms with Crippen molar-refractivity contribution in [1.82, 2.24) is 4.90 Å². The third-order valence-corrected chi connectivity index (χ3v) is 3.47. The Labute approximate surface area is 111 Å². The van der Waals surface area contributed by atoms with Crippen LogP contribution in [0.1, 0.15) is 19.3 Å². The van der Waals surface area contributed by atoms with E-state index in [0.717, 1.165) is 38.4 Å². The number of hydrogen-bond acceptors (Lipinski definition) is 4. The topological polar surface area (TPSA) is 58.4 Å². The van der Waals surface area contributed by atoms with E-state index >= 15 is 0 Å². The molecule has 0 bridgehead atoms. The Kier molecular flexibility index (Phi) is 4.31. The maximum atomic E-state index is 13.1. The minimum atomic E-state index is -0.585. The highest BCUT2D eigenvalue weighted by atomic mass is 19.1. The molecule has 6 heteroatoms. The van der Waals surface area contributed by atoms with Gasteiger partial charge in [0.1, 0.15) is 11.5 Å². The molecular formula is C13H18FN3O2. The van der Waals surface area contributed by atoms with Gasteiger partial charge in [-0.3, -0.25) is 10.1 Å². The van der Waals surface area contributed by atoms with Crippen molar-refractivity contribution in [2.75, 3.05) is 25.5 Å². The predicted octanol–water partition coefficient (Wildman–Crippen LogP) is 2.63. The molecule has 1 fully saturated rings. The van der Waals surface area contributed by atoms with Gasteiger partial charge in [0, 0.05) is 6.04 Å². The first-order valence-electron chi connectivity index (χ1n) is 6.45. The molecule has 0 aromatic heterocycles. The molecule has 0 amide bonds. The smallest absolute Gasteiger partial charge is 0.295 e. The number of nitro benzene ring substituents is 1. The van der Waals surface area contributed by atoms with Crippen molar-refractivity contribution in [2.45, 2.75) is 25.3 Å². The van der Waals surface area contributed by atoms with Crippen LogP contribution in [0.2, 0.25) is 0 Å². The highest BCUT2D eigenvalue weighted by Gasteiger charge is 2.20. The molecule has 1 saturated heterocycles. The van der Waals surface area contributed by atoms with Crippen molar-refractivity contribution >= 4 is 11.4 Å². The minimum Gasteiger partial charge on any atom is -0.377 e. The fourth-order valence-corrected chi connectivity index (χ4v) is 2.38. The Balaban J connectivity index is 2.12. The minimum absolute atomic E-state index is 0.197. The summed E-state index contributed by atoms with van der Waals surface area (Å²) < 4.78 is 13.1. The number of rotatable bonds is 3. The van der Waals surface area contributed by atoms with Crippen molar-refractivity contribution in [3.63, 3.8) is 0 Å². The van der Waals surface area contributed by atoms with Crippen LogP contribution in [0, 0.1) is 15.9 Å². The third-order valence-electron chi connectivity index (χ3n) is 3.47. The van der Waals surface area contributed by atoms with Crippen LogP contribution in [-0.4, -0.2) is 36.0 Å². The summed E-state index contributed by atoms with van der Waals surface area (Å²) in [7, 11) is 2.07. The van der Waals surface area contributed by atoms with Crippen LogP contribution < -0.4 is 5.32 Å². The summed E-state index contributed by atoms with van der Waals surface area (Å²) in [6.07, 6.45) is 2.97. The summed E-state index contributed by atoms with van der Waals surface area (Å²) >= 11 is 0. The Bertz CT molecular complexity index is 467. The highest BCUT2D eigenvalue weighted by Crippen LogP contribution is 2.27. The van der Waals surface area contributed by atoms with Gasteiger partial charge in [0.25, 0.3) is 5.69 Å². The standard InChI is InChI=1S/C13H18FN3O2/c1-16-7-2-3-11(6-8-16)15-12-5-4-10(14)9-13(12)17(18)19/h4-5,9,11,15H,2-3,6-8H2,1H3. The number of nitrogens with zero attached hydrogens (tertiary/aromatic N) is 2. The van der Waals surface area contributed by atoms with Crippen LogP contribution in [-0.2, 0) is 0 Å². The van der Waals surface area contributed by atoms with E-state index in [0.29, 0.717) is 5.69 Å². The van der Waals surface area contributed by atoms with Crippen LogP contribution in [0.4, 0.5) is 15.8 Å². The quantitative estimate of drug-likeness (QED) is 0.675. The fourth-order valence-electron chi connectivity index (χ4n) is 2.38. The number of anilines is 1. The average Bonchev–Trinajstić information content (AvgIpc) is 2.56. The van der Waals surface area contributed by atoms with Crippen LogP contribution >= 0.6 is 0 Å². The van der Waals surface area contributed by atoms with Gasteiger partial charge >= 0.3 is 0 Å². The molecule has 0 radical (unpaired) electrons. The molecule has 1 aromatic rings. The lowest BCUT2D eigenvalue weighted by Crippen LogP contribution is -2.23. The van der Waals surface area contributed by atoms with E-state index in [1.54, 1.807) is 0 Å². The number of hydrogen-bond donors (Lipinski definition) is 1. The number of likely N-dealkylation sites (tertiary alicyclic amines) is 1. The summed E-state index contributed by atoms with van der Waals surface area (Å²) in [4.78, 5) is 12.6. The zero-order valence-corrected chi connectivity index (χ0v) is 10.9. The SMILES string of the molecule is CN1CCCC(Nc2ccc(F)cc2[N+](=O)[O-])CC1. The molecule has 1 atom stereocenters. The Morgan fingerprint density at radius 2 is 2.21 bits per heavy atom. The molecule has 19 heavy (non-hydrogen) atoms. The van der Waals surface area contributed by atoms with Gasteiger partial charge in [-0.25, -0.2) is 4.39 Å². The first-order valence-corrected chi connectivity index (χ1v) is 6.45.